The average Bonchev–Trinajstić information content (AvgIpc) is 2.83. The first-order chi connectivity index (χ1) is 15.9. The van der Waals surface area contributed by atoms with Gasteiger partial charge in [-0.3, -0.25) is 0 Å². The summed E-state index contributed by atoms with van der Waals surface area (Å²) >= 11 is 0. The summed E-state index contributed by atoms with van der Waals surface area (Å²) in [5.41, 5.74) is 14.3. The summed E-state index contributed by atoms with van der Waals surface area (Å²) in [6, 6.07) is 9.49. The summed E-state index contributed by atoms with van der Waals surface area (Å²) in [4.78, 5) is 30.3. The number of nitrogen functional groups attached to an aromatic ring is 1. The second-order valence-electron chi connectivity index (χ2n) is 7.73. The number of aromatic carboxylic acids is 1. The standard InChI is InChI=1S/C22H23N9O2/c23-8-16-10-28-20(18(29-16)22(32)33)27-9-13-3-5-14(6-4-13)17-11-26-19(25)21(30-17)31-7-1-2-15(24)12-31/h3-6,10-11,15H,1-2,7,9,12,24H2,(H2,25,26)(H,27,28)(H,32,33)/t15-/m1/s1. The fourth-order valence-electron chi connectivity index (χ4n) is 3.66. The Labute approximate surface area is 190 Å². The Balaban J connectivity index is 1.49. The molecule has 0 unspecified atom stereocenters. The average molecular weight is 445 g/mol. The minimum Gasteiger partial charge on any atom is -0.476 e. The summed E-state index contributed by atoms with van der Waals surface area (Å²) in [6.45, 7) is 1.87. The number of nitrogens with zero attached hydrogens (tertiary/aromatic N) is 6. The van der Waals surface area contributed by atoms with Crippen molar-refractivity contribution in [2.75, 3.05) is 29.0 Å². The molecule has 0 radical (unpaired) electrons. The molecular formula is C22H23N9O2. The molecular weight excluding hydrogens is 422 g/mol. The lowest BCUT2D eigenvalue weighted by molar-refractivity contribution is 0.0691. The van der Waals surface area contributed by atoms with Crippen molar-refractivity contribution in [2.24, 2.45) is 5.73 Å². The summed E-state index contributed by atoms with van der Waals surface area (Å²) in [7, 11) is 0. The lowest BCUT2D eigenvalue weighted by Crippen LogP contribution is -2.43. The van der Waals surface area contributed by atoms with Crippen molar-refractivity contribution in [3.05, 3.63) is 53.6 Å². The molecule has 0 saturated carbocycles. The van der Waals surface area contributed by atoms with Crippen LogP contribution in [-0.4, -0.2) is 50.1 Å². The van der Waals surface area contributed by atoms with Gasteiger partial charge >= 0.3 is 5.97 Å². The van der Waals surface area contributed by atoms with Gasteiger partial charge in [-0.25, -0.2) is 24.7 Å². The van der Waals surface area contributed by atoms with E-state index in [1.165, 1.54) is 6.20 Å². The van der Waals surface area contributed by atoms with Crippen LogP contribution in [0.5, 0.6) is 0 Å². The van der Waals surface area contributed by atoms with Gasteiger partial charge < -0.3 is 26.8 Å². The van der Waals surface area contributed by atoms with Gasteiger partial charge in [0.2, 0.25) is 0 Å². The van der Waals surface area contributed by atoms with Crippen LogP contribution in [0.15, 0.2) is 36.7 Å². The lowest BCUT2D eigenvalue weighted by Gasteiger charge is -2.32. The second-order valence-corrected chi connectivity index (χ2v) is 7.73. The predicted molar refractivity (Wildman–Crippen MR) is 122 cm³/mol. The van der Waals surface area contributed by atoms with Crippen molar-refractivity contribution in [3.63, 3.8) is 0 Å². The zero-order valence-corrected chi connectivity index (χ0v) is 17.8. The molecule has 0 bridgehead atoms. The molecule has 3 heterocycles. The number of carbonyl (C=O) groups is 1. The van der Waals surface area contributed by atoms with Gasteiger partial charge in [0.05, 0.1) is 18.1 Å². The molecule has 2 aromatic heterocycles. The maximum absolute atomic E-state index is 11.4. The predicted octanol–water partition coefficient (Wildman–Crippen LogP) is 1.63. The molecule has 0 amide bonds. The van der Waals surface area contributed by atoms with Crippen molar-refractivity contribution < 1.29 is 9.90 Å². The third-order valence-corrected chi connectivity index (χ3v) is 5.34. The number of benzene rings is 1. The maximum atomic E-state index is 11.4. The molecule has 33 heavy (non-hydrogen) atoms. The fourth-order valence-corrected chi connectivity index (χ4v) is 3.66. The highest BCUT2D eigenvalue weighted by molar-refractivity contribution is 5.90. The van der Waals surface area contributed by atoms with Gasteiger partial charge in [0, 0.05) is 31.2 Å². The zero-order valence-electron chi connectivity index (χ0n) is 17.8. The van der Waals surface area contributed by atoms with Crippen LogP contribution < -0.4 is 21.7 Å². The number of hydrogen-bond acceptors (Lipinski definition) is 10. The quantitative estimate of drug-likeness (QED) is 0.433. The minimum atomic E-state index is -1.26. The maximum Gasteiger partial charge on any atom is 0.358 e. The Morgan fingerprint density at radius 2 is 2.03 bits per heavy atom. The third kappa shape index (κ3) is 4.97. The molecule has 1 saturated heterocycles. The van der Waals surface area contributed by atoms with Crippen LogP contribution in [0.3, 0.4) is 0 Å². The number of carboxylic acid groups (broad SMARTS) is 1. The molecule has 6 N–H and O–H groups in total. The SMILES string of the molecule is N#Cc1cnc(NCc2ccc(-c3cnc(N)c(N4CCC[C@@H](N)C4)n3)cc2)c(C(=O)O)n1. The highest BCUT2D eigenvalue weighted by atomic mass is 16.4. The highest BCUT2D eigenvalue weighted by Crippen LogP contribution is 2.26. The van der Waals surface area contributed by atoms with Crippen LogP contribution in [0.4, 0.5) is 17.5 Å². The minimum absolute atomic E-state index is 0.0576. The molecule has 1 atom stereocenters. The first kappa shape index (κ1) is 21.9. The van der Waals surface area contributed by atoms with Crippen LogP contribution in [0.1, 0.15) is 34.6 Å². The molecule has 1 aromatic carbocycles. The highest BCUT2D eigenvalue weighted by Gasteiger charge is 2.21. The largest absolute Gasteiger partial charge is 0.476 e. The number of hydrogen-bond donors (Lipinski definition) is 4. The second kappa shape index (κ2) is 9.46. The monoisotopic (exact) mass is 445 g/mol. The lowest BCUT2D eigenvalue weighted by atomic mass is 10.1. The van der Waals surface area contributed by atoms with Gasteiger partial charge in [-0.1, -0.05) is 24.3 Å². The van der Waals surface area contributed by atoms with Crippen LogP contribution in [-0.2, 0) is 6.54 Å². The molecule has 1 fully saturated rings. The first-order valence-corrected chi connectivity index (χ1v) is 10.4. The van der Waals surface area contributed by atoms with E-state index in [2.05, 4.69) is 25.2 Å². The summed E-state index contributed by atoms with van der Waals surface area (Å²) < 4.78 is 0. The normalized spacial score (nSPS) is 15.6. The fraction of sp³-hybridized carbons (Fsp3) is 0.273. The number of aromatic nitrogens is 4. The van der Waals surface area contributed by atoms with Crippen LogP contribution >= 0.6 is 0 Å². The third-order valence-electron chi connectivity index (χ3n) is 5.34. The van der Waals surface area contributed by atoms with Crippen LogP contribution in [0, 0.1) is 11.3 Å². The van der Waals surface area contributed by atoms with Crippen molar-refractivity contribution in [3.8, 4) is 17.3 Å². The van der Waals surface area contributed by atoms with Crippen molar-refractivity contribution in [1.29, 1.82) is 5.26 Å². The smallest absolute Gasteiger partial charge is 0.358 e. The van der Waals surface area contributed by atoms with E-state index < -0.39 is 5.97 Å². The first-order valence-electron chi connectivity index (χ1n) is 10.4. The molecule has 1 aliphatic rings. The number of piperidine rings is 1. The van der Waals surface area contributed by atoms with Gasteiger partial charge in [0.25, 0.3) is 0 Å². The Hall–Kier alpha value is -4.30. The van der Waals surface area contributed by atoms with Crippen molar-refractivity contribution in [1.82, 2.24) is 19.9 Å². The van der Waals surface area contributed by atoms with E-state index >= 15 is 0 Å². The number of rotatable bonds is 6. The number of nitriles is 1. The van der Waals surface area contributed by atoms with Crippen molar-refractivity contribution in [2.45, 2.75) is 25.4 Å². The molecule has 0 aliphatic carbocycles. The van der Waals surface area contributed by atoms with E-state index in [4.69, 9.17) is 21.7 Å². The van der Waals surface area contributed by atoms with Gasteiger partial charge in [-0.15, -0.1) is 0 Å². The van der Waals surface area contributed by atoms with E-state index in [0.29, 0.717) is 30.4 Å². The van der Waals surface area contributed by atoms with Gasteiger partial charge in [0.1, 0.15) is 6.07 Å². The summed E-state index contributed by atoms with van der Waals surface area (Å²) in [5.74, 6) is -0.135. The van der Waals surface area contributed by atoms with Crippen LogP contribution in [0.25, 0.3) is 11.3 Å². The molecule has 3 aromatic rings. The van der Waals surface area contributed by atoms with Gasteiger partial charge in [-0.2, -0.15) is 5.26 Å². The molecule has 11 nitrogen and oxygen atoms in total. The molecule has 11 heteroatoms. The number of anilines is 3. The number of carboxylic acids is 1. The van der Waals surface area contributed by atoms with E-state index in [0.717, 1.165) is 30.5 Å². The Bertz CT molecular complexity index is 1210. The Morgan fingerprint density at radius 1 is 1.24 bits per heavy atom. The Morgan fingerprint density at radius 3 is 2.73 bits per heavy atom. The van der Waals surface area contributed by atoms with Crippen molar-refractivity contribution >= 4 is 23.4 Å². The van der Waals surface area contributed by atoms with E-state index in [1.807, 2.05) is 24.3 Å². The Kier molecular flexibility index (Phi) is 6.28. The van der Waals surface area contributed by atoms with E-state index in [-0.39, 0.29) is 23.2 Å². The van der Waals surface area contributed by atoms with Gasteiger partial charge in [0.15, 0.2) is 28.8 Å². The zero-order chi connectivity index (χ0) is 23.4. The number of nitrogens with one attached hydrogen (secondary N) is 1. The summed E-state index contributed by atoms with van der Waals surface area (Å²) in [5, 5.41) is 21.2. The molecule has 4 rings (SSSR count). The number of nitrogens with two attached hydrogens (primary N) is 2. The topological polar surface area (TPSA) is 180 Å². The van der Waals surface area contributed by atoms with Gasteiger partial charge in [-0.05, 0) is 18.4 Å². The van der Waals surface area contributed by atoms with E-state index in [9.17, 15) is 9.90 Å². The molecule has 1 aliphatic heterocycles. The van der Waals surface area contributed by atoms with Crippen LogP contribution in [0.2, 0.25) is 0 Å². The molecule has 168 valence electrons. The summed E-state index contributed by atoms with van der Waals surface area (Å²) in [6.07, 6.45) is 4.84. The molecule has 0 spiro atoms. The van der Waals surface area contributed by atoms with E-state index in [1.54, 1.807) is 12.3 Å².